The standard InChI is InChI=1S/C20H18F3N3OS/c1-12-16-7-9-28-18(16)6-8-25(12)19(27)17-11-24-26(13(17)2)15-5-3-4-14(10-15)20(21,22)23/h3-5,7,9-12H,6,8H2,1-2H3. The maximum atomic E-state index is 13.1. The maximum absolute atomic E-state index is 13.1. The summed E-state index contributed by atoms with van der Waals surface area (Å²) in [7, 11) is 0. The minimum atomic E-state index is -4.43. The summed E-state index contributed by atoms with van der Waals surface area (Å²) in [6, 6.07) is 6.94. The van der Waals surface area contributed by atoms with Gasteiger partial charge in [-0.3, -0.25) is 4.79 Å². The first-order valence-corrected chi connectivity index (χ1v) is 9.75. The molecule has 0 saturated carbocycles. The number of alkyl halides is 3. The maximum Gasteiger partial charge on any atom is 0.416 e. The Morgan fingerprint density at radius 3 is 2.82 bits per heavy atom. The van der Waals surface area contributed by atoms with Crippen LogP contribution in [0.2, 0.25) is 0 Å². The first-order valence-electron chi connectivity index (χ1n) is 8.87. The van der Waals surface area contributed by atoms with E-state index in [4.69, 9.17) is 0 Å². The molecular weight excluding hydrogens is 387 g/mol. The molecule has 4 rings (SSSR count). The summed E-state index contributed by atoms with van der Waals surface area (Å²) >= 11 is 1.70. The molecule has 3 aromatic rings. The highest BCUT2D eigenvalue weighted by Crippen LogP contribution is 2.34. The lowest BCUT2D eigenvalue weighted by atomic mass is 10.0. The van der Waals surface area contributed by atoms with Crippen LogP contribution in [0, 0.1) is 6.92 Å². The Labute approximate surface area is 164 Å². The zero-order valence-electron chi connectivity index (χ0n) is 15.3. The Bertz CT molecular complexity index is 1040. The molecule has 0 radical (unpaired) electrons. The van der Waals surface area contributed by atoms with Gasteiger partial charge in [-0.15, -0.1) is 11.3 Å². The van der Waals surface area contributed by atoms with Gasteiger partial charge in [-0.1, -0.05) is 6.07 Å². The first kappa shape index (κ1) is 18.7. The number of hydrogen-bond acceptors (Lipinski definition) is 3. The van der Waals surface area contributed by atoms with E-state index in [1.54, 1.807) is 29.2 Å². The molecule has 1 aromatic carbocycles. The van der Waals surface area contributed by atoms with E-state index >= 15 is 0 Å². The SMILES string of the molecule is Cc1c(C(=O)N2CCc3sccc3C2C)cnn1-c1cccc(C(F)(F)F)c1. The molecule has 1 unspecified atom stereocenters. The van der Waals surface area contributed by atoms with Gasteiger partial charge in [0.05, 0.1) is 34.7 Å². The van der Waals surface area contributed by atoms with Crippen molar-refractivity contribution in [2.75, 3.05) is 6.54 Å². The highest BCUT2D eigenvalue weighted by atomic mass is 32.1. The number of benzene rings is 1. The molecule has 4 nitrogen and oxygen atoms in total. The monoisotopic (exact) mass is 405 g/mol. The van der Waals surface area contributed by atoms with Gasteiger partial charge in [0.15, 0.2) is 0 Å². The lowest BCUT2D eigenvalue weighted by molar-refractivity contribution is -0.137. The van der Waals surface area contributed by atoms with Crippen molar-refractivity contribution in [3.8, 4) is 5.69 Å². The lowest BCUT2D eigenvalue weighted by Crippen LogP contribution is -2.38. The summed E-state index contributed by atoms with van der Waals surface area (Å²) in [6.45, 7) is 4.31. The quantitative estimate of drug-likeness (QED) is 0.600. The van der Waals surface area contributed by atoms with Crippen molar-refractivity contribution < 1.29 is 18.0 Å². The number of fused-ring (bicyclic) bond motifs is 1. The van der Waals surface area contributed by atoms with Crippen LogP contribution < -0.4 is 0 Å². The summed E-state index contributed by atoms with van der Waals surface area (Å²) in [6.07, 6.45) is -2.19. The number of aromatic nitrogens is 2. The second-order valence-electron chi connectivity index (χ2n) is 6.83. The Hall–Kier alpha value is -2.61. The normalized spacial score (nSPS) is 16.9. The Kier molecular flexibility index (Phi) is 4.53. The van der Waals surface area contributed by atoms with Crippen molar-refractivity contribution in [3.05, 3.63) is 69.2 Å². The average Bonchev–Trinajstić information content (AvgIpc) is 3.28. The molecule has 28 heavy (non-hydrogen) atoms. The second-order valence-corrected chi connectivity index (χ2v) is 7.83. The van der Waals surface area contributed by atoms with Gasteiger partial charge in [0, 0.05) is 11.4 Å². The van der Waals surface area contributed by atoms with Gasteiger partial charge < -0.3 is 4.90 Å². The molecule has 0 saturated heterocycles. The number of hydrogen-bond donors (Lipinski definition) is 0. The molecule has 8 heteroatoms. The topological polar surface area (TPSA) is 38.1 Å². The number of amides is 1. The number of nitrogens with zero attached hydrogens (tertiary/aromatic N) is 3. The van der Waals surface area contributed by atoms with Crippen LogP contribution in [0.15, 0.2) is 41.9 Å². The zero-order valence-corrected chi connectivity index (χ0v) is 16.1. The van der Waals surface area contributed by atoms with Crippen LogP contribution in [0.25, 0.3) is 5.69 Å². The Balaban J connectivity index is 1.65. The molecule has 0 fully saturated rings. The third kappa shape index (κ3) is 3.11. The first-order chi connectivity index (χ1) is 13.3. The van der Waals surface area contributed by atoms with Crippen LogP contribution in [0.5, 0.6) is 0 Å². The predicted octanol–water partition coefficient (Wildman–Crippen LogP) is 5.02. The van der Waals surface area contributed by atoms with Crippen LogP contribution in [-0.4, -0.2) is 27.1 Å². The summed E-state index contributed by atoms with van der Waals surface area (Å²) in [5.74, 6) is -0.153. The van der Waals surface area contributed by atoms with Gasteiger partial charge in [0.2, 0.25) is 0 Å². The van der Waals surface area contributed by atoms with E-state index in [0.717, 1.165) is 24.1 Å². The van der Waals surface area contributed by atoms with Crippen molar-refractivity contribution in [2.24, 2.45) is 0 Å². The highest BCUT2D eigenvalue weighted by Gasteiger charge is 2.32. The number of rotatable bonds is 2. The van der Waals surface area contributed by atoms with Gasteiger partial charge in [-0.25, -0.2) is 4.68 Å². The summed E-state index contributed by atoms with van der Waals surface area (Å²) in [5.41, 5.74) is 1.61. The minimum Gasteiger partial charge on any atom is -0.331 e. The molecule has 1 atom stereocenters. The fourth-order valence-electron chi connectivity index (χ4n) is 3.64. The van der Waals surface area contributed by atoms with Crippen molar-refractivity contribution in [1.29, 1.82) is 0 Å². The molecule has 1 aliphatic rings. The van der Waals surface area contributed by atoms with E-state index in [0.29, 0.717) is 17.8 Å². The number of carbonyl (C=O) groups excluding carboxylic acids is 1. The van der Waals surface area contributed by atoms with Crippen LogP contribution in [0.4, 0.5) is 13.2 Å². The largest absolute Gasteiger partial charge is 0.416 e. The predicted molar refractivity (Wildman–Crippen MR) is 101 cm³/mol. The zero-order chi connectivity index (χ0) is 20.1. The molecule has 146 valence electrons. The van der Waals surface area contributed by atoms with Gasteiger partial charge in [-0.2, -0.15) is 18.3 Å². The molecule has 0 aliphatic carbocycles. The third-order valence-electron chi connectivity index (χ3n) is 5.20. The smallest absolute Gasteiger partial charge is 0.331 e. The van der Waals surface area contributed by atoms with Gasteiger partial charge in [-0.05, 0) is 55.5 Å². The van der Waals surface area contributed by atoms with E-state index < -0.39 is 11.7 Å². The van der Waals surface area contributed by atoms with Crippen LogP contribution in [0.3, 0.4) is 0 Å². The number of carbonyl (C=O) groups is 1. The molecule has 1 aliphatic heterocycles. The van der Waals surface area contributed by atoms with Crippen LogP contribution in [0.1, 0.15) is 45.0 Å². The summed E-state index contributed by atoms with van der Waals surface area (Å²) in [4.78, 5) is 16.2. The third-order valence-corrected chi connectivity index (χ3v) is 6.19. The van der Waals surface area contributed by atoms with Gasteiger partial charge in [0.1, 0.15) is 0 Å². The Morgan fingerprint density at radius 1 is 1.29 bits per heavy atom. The van der Waals surface area contributed by atoms with Crippen molar-refractivity contribution in [3.63, 3.8) is 0 Å². The number of halogens is 3. The van der Waals surface area contributed by atoms with Crippen LogP contribution >= 0.6 is 11.3 Å². The van der Waals surface area contributed by atoms with Crippen molar-refractivity contribution in [1.82, 2.24) is 14.7 Å². The summed E-state index contributed by atoms with van der Waals surface area (Å²) < 4.78 is 40.4. The summed E-state index contributed by atoms with van der Waals surface area (Å²) in [5, 5.41) is 6.22. The molecule has 0 bridgehead atoms. The van der Waals surface area contributed by atoms with Crippen molar-refractivity contribution in [2.45, 2.75) is 32.5 Å². The molecule has 3 heterocycles. The van der Waals surface area contributed by atoms with E-state index in [1.165, 1.54) is 21.8 Å². The minimum absolute atomic E-state index is 0.0428. The van der Waals surface area contributed by atoms with Gasteiger partial charge >= 0.3 is 6.18 Å². The average molecular weight is 405 g/mol. The van der Waals surface area contributed by atoms with E-state index in [9.17, 15) is 18.0 Å². The fraction of sp³-hybridized carbons (Fsp3) is 0.300. The van der Waals surface area contributed by atoms with Gasteiger partial charge in [0.25, 0.3) is 5.91 Å². The number of thiophene rings is 1. The molecule has 0 spiro atoms. The van der Waals surface area contributed by atoms with Crippen molar-refractivity contribution >= 4 is 17.2 Å². The lowest BCUT2D eigenvalue weighted by Gasteiger charge is -2.33. The van der Waals surface area contributed by atoms with E-state index in [-0.39, 0.29) is 17.6 Å². The molecular formula is C20H18F3N3OS. The molecule has 1 amide bonds. The Morgan fingerprint density at radius 2 is 2.07 bits per heavy atom. The van der Waals surface area contributed by atoms with E-state index in [1.807, 2.05) is 18.4 Å². The van der Waals surface area contributed by atoms with Crippen LogP contribution in [-0.2, 0) is 12.6 Å². The molecule has 0 N–H and O–H groups in total. The second kappa shape index (κ2) is 6.77. The van der Waals surface area contributed by atoms with E-state index in [2.05, 4.69) is 5.10 Å². The molecule has 2 aromatic heterocycles. The highest BCUT2D eigenvalue weighted by molar-refractivity contribution is 7.10. The fourth-order valence-corrected chi connectivity index (χ4v) is 4.60.